The number of nitrogens with zero attached hydrogens (tertiary/aromatic N) is 3. The fourth-order valence-corrected chi connectivity index (χ4v) is 8.09. The first kappa shape index (κ1) is 34.4. The van der Waals surface area contributed by atoms with Gasteiger partial charge in [0, 0.05) is 54.9 Å². The molecule has 49 heavy (non-hydrogen) atoms. The molecule has 0 saturated carbocycles. The summed E-state index contributed by atoms with van der Waals surface area (Å²) in [6, 6.07) is 14.6. The number of thiazole rings is 1. The highest BCUT2D eigenvalue weighted by molar-refractivity contribution is 7.19. The summed E-state index contributed by atoms with van der Waals surface area (Å²) in [5.74, 6) is -0.299. The van der Waals surface area contributed by atoms with Gasteiger partial charge < -0.3 is 20.4 Å². The molecule has 1 aromatic heterocycles. The monoisotopic (exact) mass is 684 g/mol. The number of likely N-dealkylation sites (tertiary alicyclic amines) is 1. The van der Waals surface area contributed by atoms with Crippen LogP contribution in [0.15, 0.2) is 54.7 Å². The van der Waals surface area contributed by atoms with E-state index in [2.05, 4.69) is 39.7 Å². The average molecular weight is 685 g/mol. The van der Waals surface area contributed by atoms with Crippen molar-refractivity contribution in [3.8, 4) is 10.4 Å². The van der Waals surface area contributed by atoms with Gasteiger partial charge in [0.25, 0.3) is 5.91 Å². The number of hydrogen-bond donors (Lipinski definition) is 3. The highest BCUT2D eigenvalue weighted by atomic mass is 32.1. The lowest BCUT2D eigenvalue weighted by molar-refractivity contribution is -0.137. The normalized spacial score (nSPS) is 19.7. The van der Waals surface area contributed by atoms with Gasteiger partial charge in [0.05, 0.1) is 4.88 Å². The van der Waals surface area contributed by atoms with Gasteiger partial charge in [-0.2, -0.15) is 0 Å². The highest BCUT2D eigenvalue weighted by Crippen LogP contribution is 2.33. The summed E-state index contributed by atoms with van der Waals surface area (Å²) >= 11 is 1.50. The van der Waals surface area contributed by atoms with Crippen LogP contribution in [0.4, 0.5) is 10.8 Å². The fourth-order valence-electron chi connectivity index (χ4n) is 7.27. The molecule has 5 amide bonds. The summed E-state index contributed by atoms with van der Waals surface area (Å²) in [6.07, 6.45) is 6.06. The van der Waals surface area contributed by atoms with Crippen molar-refractivity contribution in [3.63, 3.8) is 0 Å². The van der Waals surface area contributed by atoms with Gasteiger partial charge in [-0.3, -0.25) is 29.3 Å². The maximum atomic E-state index is 13.1. The van der Waals surface area contributed by atoms with Gasteiger partial charge in [-0.25, -0.2) is 4.98 Å². The average Bonchev–Trinajstić information content (AvgIpc) is 3.69. The Bertz CT molecular complexity index is 1700. The van der Waals surface area contributed by atoms with E-state index in [0.717, 1.165) is 55.8 Å². The van der Waals surface area contributed by atoms with Crippen molar-refractivity contribution in [2.24, 2.45) is 17.8 Å². The van der Waals surface area contributed by atoms with Gasteiger partial charge in [0.15, 0.2) is 5.13 Å². The van der Waals surface area contributed by atoms with Crippen molar-refractivity contribution in [3.05, 3.63) is 65.9 Å². The zero-order valence-corrected chi connectivity index (χ0v) is 28.9. The Morgan fingerprint density at radius 1 is 0.980 bits per heavy atom. The first-order chi connectivity index (χ1) is 23.6. The summed E-state index contributed by atoms with van der Waals surface area (Å²) in [5.41, 5.74) is 2.86. The third-order valence-electron chi connectivity index (χ3n) is 9.85. The molecule has 12 heteroatoms. The topological polar surface area (TPSA) is 141 Å². The minimum atomic E-state index is -0.696. The van der Waals surface area contributed by atoms with Gasteiger partial charge in [0.1, 0.15) is 6.04 Å². The number of benzene rings is 2. The molecule has 3 aliphatic rings. The van der Waals surface area contributed by atoms with E-state index in [0.29, 0.717) is 46.6 Å². The van der Waals surface area contributed by atoms with Crippen LogP contribution >= 0.6 is 11.3 Å². The molecule has 3 unspecified atom stereocenters. The first-order valence-electron chi connectivity index (χ1n) is 17.3. The molecule has 2 aromatic carbocycles. The van der Waals surface area contributed by atoms with E-state index in [9.17, 15) is 24.0 Å². The Morgan fingerprint density at radius 2 is 1.76 bits per heavy atom. The van der Waals surface area contributed by atoms with Crippen LogP contribution in [0, 0.1) is 17.8 Å². The molecule has 258 valence electrons. The third-order valence-corrected chi connectivity index (χ3v) is 10.8. The predicted molar refractivity (Wildman–Crippen MR) is 189 cm³/mol. The summed E-state index contributed by atoms with van der Waals surface area (Å²) in [4.78, 5) is 72.4. The smallest absolute Gasteiger partial charge is 0.255 e. The van der Waals surface area contributed by atoms with Gasteiger partial charge in [-0.05, 0) is 74.7 Å². The molecule has 0 spiro atoms. The number of piperidine rings is 2. The van der Waals surface area contributed by atoms with Crippen molar-refractivity contribution in [1.29, 1.82) is 0 Å². The Balaban J connectivity index is 0.901. The predicted octanol–water partition coefficient (Wildman–Crippen LogP) is 5.30. The van der Waals surface area contributed by atoms with Crippen LogP contribution in [0.25, 0.3) is 10.4 Å². The maximum absolute atomic E-state index is 13.1. The van der Waals surface area contributed by atoms with Crippen LogP contribution < -0.4 is 16.0 Å². The molecule has 3 aliphatic heterocycles. The Kier molecular flexibility index (Phi) is 10.8. The Labute approximate surface area is 290 Å². The highest BCUT2D eigenvalue weighted by Gasteiger charge is 2.40. The lowest BCUT2D eigenvalue weighted by Crippen LogP contribution is -2.52. The van der Waals surface area contributed by atoms with Crippen molar-refractivity contribution < 1.29 is 24.0 Å². The number of rotatable bonds is 12. The number of carbonyl (C=O) groups is 5. The minimum absolute atomic E-state index is 0.0162. The molecular weight excluding hydrogens is 641 g/mol. The molecule has 3 N–H and O–H groups in total. The van der Waals surface area contributed by atoms with E-state index < -0.39 is 11.9 Å². The molecule has 3 atom stereocenters. The van der Waals surface area contributed by atoms with Crippen LogP contribution in [0.3, 0.4) is 0 Å². The first-order valence-corrected chi connectivity index (χ1v) is 18.1. The van der Waals surface area contributed by atoms with Gasteiger partial charge in [-0.15, -0.1) is 0 Å². The molecule has 0 radical (unpaired) electrons. The lowest BCUT2D eigenvalue weighted by atomic mass is 9.91. The summed E-state index contributed by atoms with van der Waals surface area (Å²) in [5, 5.41) is 8.99. The van der Waals surface area contributed by atoms with E-state index in [1.165, 1.54) is 16.2 Å². The molecule has 2 saturated heterocycles. The number of amides is 5. The molecular formula is C37H44N6O5S. The standard InChI is InChI=1S/C37H44N6O5S/c1-23(11-13-32(44)39-29-10-6-9-27-28(29)22-43(36(27)48)30-12-14-33(45)40-35(30)47)19-24(2)21-42-17-15-26(16-18-42)34(46)41-37-38-20-31(49-37)25-7-4-3-5-8-25/h3-10,20,23-24,26,30H,11-19,21-22H2,1-2H3,(H,39,44)(H,38,41,46)(H,40,45,47). The zero-order chi connectivity index (χ0) is 34.5. The second-order valence-electron chi connectivity index (χ2n) is 13.7. The lowest BCUT2D eigenvalue weighted by Gasteiger charge is -2.33. The molecule has 3 aromatic rings. The summed E-state index contributed by atoms with van der Waals surface area (Å²) in [6.45, 7) is 7.38. The van der Waals surface area contributed by atoms with Crippen LogP contribution in [-0.2, 0) is 25.7 Å². The van der Waals surface area contributed by atoms with E-state index in [1.807, 2.05) is 36.5 Å². The summed E-state index contributed by atoms with van der Waals surface area (Å²) in [7, 11) is 0. The van der Waals surface area contributed by atoms with Crippen molar-refractivity contribution in [1.82, 2.24) is 20.1 Å². The number of hydrogen-bond acceptors (Lipinski definition) is 8. The Morgan fingerprint density at radius 3 is 2.51 bits per heavy atom. The number of nitrogens with one attached hydrogen (secondary N) is 3. The van der Waals surface area contributed by atoms with Crippen molar-refractivity contribution in [2.45, 2.75) is 71.4 Å². The molecule has 0 aliphatic carbocycles. The molecule has 0 bridgehead atoms. The number of fused-ring (bicyclic) bond motifs is 1. The van der Waals surface area contributed by atoms with E-state index >= 15 is 0 Å². The number of anilines is 2. The van der Waals surface area contributed by atoms with Gasteiger partial charge in [-0.1, -0.05) is 61.6 Å². The van der Waals surface area contributed by atoms with Crippen LogP contribution in [0.1, 0.15) is 74.7 Å². The molecule has 11 nitrogen and oxygen atoms in total. The van der Waals surface area contributed by atoms with Gasteiger partial charge in [0.2, 0.25) is 23.6 Å². The van der Waals surface area contributed by atoms with Crippen LogP contribution in [-0.4, -0.2) is 70.0 Å². The van der Waals surface area contributed by atoms with Crippen molar-refractivity contribution >= 4 is 51.7 Å². The van der Waals surface area contributed by atoms with Crippen LogP contribution in [0.5, 0.6) is 0 Å². The number of imide groups is 1. The number of aromatic nitrogens is 1. The SMILES string of the molecule is CC(CCC(=O)Nc1cccc2c1CN(C1CCC(=O)NC1=O)C2=O)CC(C)CN1CCC(C(=O)Nc2ncc(-c3ccccc3)s2)CC1. The quantitative estimate of drug-likeness (QED) is 0.220. The van der Waals surface area contributed by atoms with Crippen LogP contribution in [0.2, 0.25) is 0 Å². The Hall–Kier alpha value is -4.42. The molecule has 6 rings (SSSR count). The van der Waals surface area contributed by atoms with E-state index in [1.54, 1.807) is 18.2 Å². The molecule has 4 heterocycles. The fraction of sp³-hybridized carbons (Fsp3) is 0.459. The van der Waals surface area contributed by atoms with E-state index in [4.69, 9.17) is 0 Å². The second-order valence-corrected chi connectivity index (χ2v) is 14.8. The largest absolute Gasteiger partial charge is 0.326 e. The summed E-state index contributed by atoms with van der Waals surface area (Å²) < 4.78 is 0. The zero-order valence-electron chi connectivity index (χ0n) is 28.1. The minimum Gasteiger partial charge on any atom is -0.326 e. The molecule has 2 fully saturated rings. The van der Waals surface area contributed by atoms with Crippen molar-refractivity contribution in [2.75, 3.05) is 30.3 Å². The van der Waals surface area contributed by atoms with E-state index in [-0.39, 0.29) is 42.5 Å². The van der Waals surface area contributed by atoms with Gasteiger partial charge >= 0.3 is 0 Å². The second kappa shape index (κ2) is 15.4. The third kappa shape index (κ3) is 8.42. The number of carbonyl (C=O) groups excluding carboxylic acids is 5. The maximum Gasteiger partial charge on any atom is 0.255 e.